The van der Waals surface area contributed by atoms with Gasteiger partial charge in [0.1, 0.15) is 24.5 Å². The molecule has 5 heterocycles. The first-order chi connectivity index (χ1) is 26.1. The second kappa shape index (κ2) is 16.8. The quantitative estimate of drug-likeness (QED) is 0.311. The van der Waals surface area contributed by atoms with Crippen LogP contribution in [0, 0.1) is 23.7 Å². The Morgan fingerprint density at radius 2 is 1.73 bits per heavy atom. The number of esters is 1. The van der Waals surface area contributed by atoms with Crippen molar-refractivity contribution in [2.24, 2.45) is 28.8 Å². The first-order valence-corrected chi connectivity index (χ1v) is 19.8. The van der Waals surface area contributed by atoms with Gasteiger partial charge in [0, 0.05) is 30.3 Å². The van der Waals surface area contributed by atoms with Gasteiger partial charge in [-0.2, -0.15) is 0 Å². The maximum Gasteiger partial charge on any atom is 0.311 e. The van der Waals surface area contributed by atoms with Crippen LogP contribution >= 0.6 is 0 Å². The molecule has 1 aromatic carbocycles. The lowest BCUT2D eigenvalue weighted by atomic mass is 9.75. The van der Waals surface area contributed by atoms with Crippen molar-refractivity contribution >= 4 is 28.5 Å². The highest BCUT2D eigenvalue weighted by molar-refractivity contribution is 5.92. The number of carbonyl (C=O) groups is 2. The van der Waals surface area contributed by atoms with Crippen molar-refractivity contribution in [3.8, 4) is 0 Å². The molecule has 0 spiro atoms. The Bertz CT molecular complexity index is 1710. The van der Waals surface area contributed by atoms with E-state index in [1.807, 2.05) is 71.8 Å². The third-order valence-corrected chi connectivity index (χ3v) is 12.3. The van der Waals surface area contributed by atoms with E-state index in [9.17, 15) is 14.7 Å². The van der Waals surface area contributed by atoms with Crippen LogP contribution in [0.4, 0.5) is 0 Å². The van der Waals surface area contributed by atoms with Crippen molar-refractivity contribution in [2.75, 3.05) is 27.3 Å². The minimum Gasteiger partial charge on any atom is -0.459 e. The van der Waals surface area contributed by atoms with Gasteiger partial charge in [-0.3, -0.25) is 19.6 Å². The summed E-state index contributed by atoms with van der Waals surface area (Å²) < 4.78 is 39.7. The lowest BCUT2D eigenvalue weighted by Gasteiger charge is -2.48. The third kappa shape index (κ3) is 8.46. The number of rotatable bonds is 7. The van der Waals surface area contributed by atoms with Crippen molar-refractivity contribution < 1.29 is 48.0 Å². The summed E-state index contributed by atoms with van der Waals surface area (Å²) in [4.78, 5) is 44.7. The summed E-state index contributed by atoms with van der Waals surface area (Å²) in [5.74, 6) is -2.59. The van der Waals surface area contributed by atoms with Crippen LogP contribution in [-0.4, -0.2) is 125 Å². The molecular formula is C41H60N4O10. The summed E-state index contributed by atoms with van der Waals surface area (Å²) in [6, 6.07) is 5.49. The molecular weight excluding hydrogens is 708 g/mol. The molecule has 4 aliphatic rings. The van der Waals surface area contributed by atoms with Gasteiger partial charge >= 0.3 is 5.97 Å². The van der Waals surface area contributed by atoms with Crippen LogP contribution in [0.25, 0.3) is 11.0 Å². The van der Waals surface area contributed by atoms with Crippen LogP contribution in [0.5, 0.6) is 0 Å². The molecule has 14 nitrogen and oxygen atoms in total. The summed E-state index contributed by atoms with van der Waals surface area (Å²) in [6.07, 6.45) is -0.272. The zero-order chi connectivity index (χ0) is 39.8. The first-order valence-electron chi connectivity index (χ1n) is 19.8. The van der Waals surface area contributed by atoms with E-state index in [-0.39, 0.29) is 43.7 Å². The second-order valence-corrected chi connectivity index (χ2v) is 16.8. The Labute approximate surface area is 324 Å². The molecule has 55 heavy (non-hydrogen) atoms. The third-order valence-electron chi connectivity index (χ3n) is 12.3. The minimum absolute atomic E-state index is 0.00659. The number of aliphatic hydroxyl groups is 1. The lowest BCUT2D eigenvalue weighted by molar-refractivity contribution is -0.302. The number of likely N-dealkylation sites (N-methyl/N-ethyl adjacent to an activating group) is 1. The van der Waals surface area contributed by atoms with E-state index in [0.29, 0.717) is 25.0 Å². The number of ether oxygens (including phenoxy) is 6. The Morgan fingerprint density at radius 3 is 2.44 bits per heavy atom. The summed E-state index contributed by atoms with van der Waals surface area (Å²) in [5.41, 5.74) is 0.462. The predicted molar refractivity (Wildman–Crippen MR) is 203 cm³/mol. The van der Waals surface area contributed by atoms with E-state index < -0.39 is 71.7 Å². The number of cyclic esters (lactones) is 1. The van der Waals surface area contributed by atoms with E-state index >= 15 is 0 Å². The van der Waals surface area contributed by atoms with Crippen molar-refractivity contribution in [3.05, 3.63) is 36.2 Å². The molecule has 14 atom stereocenters. The average molecular weight is 769 g/mol. The highest BCUT2D eigenvalue weighted by Crippen LogP contribution is 2.45. The molecule has 1 N–H and O–H groups in total. The van der Waals surface area contributed by atoms with Gasteiger partial charge in [-0.1, -0.05) is 38.9 Å². The van der Waals surface area contributed by atoms with Gasteiger partial charge in [-0.15, -0.1) is 0 Å². The van der Waals surface area contributed by atoms with Crippen molar-refractivity contribution in [1.82, 2.24) is 14.9 Å². The number of Topliss-reactive ketones (excluding diaryl/α,β-unsaturated/α-hetero) is 1. The van der Waals surface area contributed by atoms with Crippen LogP contribution in [0.1, 0.15) is 80.2 Å². The molecule has 2 aromatic rings. The maximum absolute atomic E-state index is 14.2. The highest BCUT2D eigenvalue weighted by Gasteiger charge is 2.58. The van der Waals surface area contributed by atoms with E-state index in [2.05, 4.69) is 22.0 Å². The van der Waals surface area contributed by atoms with Crippen molar-refractivity contribution in [2.45, 2.75) is 141 Å². The fraction of sp³-hybridized carbons (Fsp3) is 0.732. The number of carbonyl (C=O) groups excluding carboxylic acids is 2. The standard InChI is InChI=1S/C41H60N4O10/c1-11-32-41(8)36(47)24(4)34(55-41)22(2)18-40(7)37(54-39-33(46)31(45(9)10)16-23(3)52-39)25(5)35(26(6)38(48)53-32)49-20-28(21-50-40)44-51-19-27-12-13-29-30(17-27)43-15-14-42-29/h12-15,17,22-26,31-35,37,39,46H,11,16,18-21H2,1-10H3/b44-28+/t22-,23-,24?,25-,26-,31+,32-,33-,34?,35+,37-,39+,40+,41?/m1/s1. The van der Waals surface area contributed by atoms with Gasteiger partial charge in [0.2, 0.25) is 0 Å². The number of benzene rings is 1. The molecule has 1 aromatic heterocycles. The second-order valence-electron chi connectivity index (χ2n) is 16.8. The fourth-order valence-corrected chi connectivity index (χ4v) is 9.25. The van der Waals surface area contributed by atoms with Crippen molar-refractivity contribution in [1.29, 1.82) is 0 Å². The van der Waals surface area contributed by atoms with E-state index in [4.69, 9.17) is 33.3 Å². The van der Waals surface area contributed by atoms with Crippen LogP contribution in [0.15, 0.2) is 35.7 Å². The Morgan fingerprint density at radius 1 is 1.00 bits per heavy atom. The van der Waals surface area contributed by atoms with Crippen LogP contribution in [0.2, 0.25) is 0 Å². The normalized spacial score (nSPS) is 41.2. The van der Waals surface area contributed by atoms with Crippen LogP contribution in [0.3, 0.4) is 0 Å². The molecule has 0 radical (unpaired) electrons. The highest BCUT2D eigenvalue weighted by atomic mass is 16.7. The Kier molecular flexibility index (Phi) is 12.7. The molecule has 6 rings (SSSR count). The van der Waals surface area contributed by atoms with Gasteiger partial charge in [-0.05, 0) is 84.7 Å². The Balaban J connectivity index is 1.39. The zero-order valence-electron chi connectivity index (χ0n) is 34.0. The number of nitrogens with zero attached hydrogens (tertiary/aromatic N) is 4. The molecule has 4 saturated heterocycles. The fourth-order valence-electron chi connectivity index (χ4n) is 9.25. The average Bonchev–Trinajstić information content (AvgIpc) is 3.41. The molecule has 0 aliphatic carbocycles. The van der Waals surface area contributed by atoms with Gasteiger partial charge in [0.05, 0.1) is 60.2 Å². The molecule has 0 saturated carbocycles. The zero-order valence-corrected chi connectivity index (χ0v) is 34.0. The molecule has 14 heteroatoms. The molecule has 304 valence electrons. The minimum atomic E-state index is -1.31. The number of fused-ring (bicyclic) bond motifs is 6. The number of ketones is 1. The molecule has 4 fully saturated rings. The van der Waals surface area contributed by atoms with E-state index in [0.717, 1.165) is 16.6 Å². The monoisotopic (exact) mass is 768 g/mol. The number of aliphatic hydroxyl groups excluding tert-OH is 1. The van der Waals surface area contributed by atoms with E-state index in [1.54, 1.807) is 26.2 Å². The SMILES string of the molecule is CC[C@H]1OC(=O)[C@H](C)[C@H]2OC/C(=N\OCc3ccc4nccnc4c3)CO[C@@](C)(C[C@@H](C)C3OC1(C)C(=O)C3C)[C@H](O[C@@H]1O[C@H](C)C[C@H](N(C)C)[C@H]1O)[C@@H]2C. The van der Waals surface area contributed by atoms with E-state index in [1.165, 1.54) is 0 Å². The summed E-state index contributed by atoms with van der Waals surface area (Å²) >= 11 is 0. The van der Waals surface area contributed by atoms with Crippen LogP contribution in [-0.2, 0) is 49.5 Å². The first kappa shape index (κ1) is 41.5. The van der Waals surface area contributed by atoms with Gasteiger partial charge in [0.25, 0.3) is 0 Å². The van der Waals surface area contributed by atoms with Gasteiger partial charge in [-0.25, -0.2) is 0 Å². The molecule has 4 bridgehead atoms. The number of oxime groups is 1. The molecule has 3 unspecified atom stereocenters. The predicted octanol–water partition coefficient (Wildman–Crippen LogP) is 4.48. The topological polar surface area (TPSA) is 160 Å². The maximum atomic E-state index is 14.2. The largest absolute Gasteiger partial charge is 0.459 e. The summed E-state index contributed by atoms with van der Waals surface area (Å²) in [5, 5.41) is 16.1. The Hall–Kier alpha value is -3.11. The number of hydrogen-bond acceptors (Lipinski definition) is 14. The van der Waals surface area contributed by atoms with Crippen molar-refractivity contribution in [3.63, 3.8) is 0 Å². The number of hydrogen-bond donors (Lipinski definition) is 1. The number of aromatic nitrogens is 2. The van der Waals surface area contributed by atoms with Gasteiger partial charge in [0.15, 0.2) is 17.7 Å². The molecule has 4 aliphatic heterocycles. The van der Waals surface area contributed by atoms with Crippen LogP contribution < -0.4 is 0 Å². The smallest absolute Gasteiger partial charge is 0.311 e. The summed E-state index contributed by atoms with van der Waals surface area (Å²) in [6.45, 7) is 15.4. The summed E-state index contributed by atoms with van der Waals surface area (Å²) in [7, 11) is 3.86. The lowest BCUT2D eigenvalue weighted by Crippen LogP contribution is -2.59. The van der Waals surface area contributed by atoms with Gasteiger partial charge < -0.3 is 43.3 Å². The molecule has 0 amide bonds.